The van der Waals surface area contributed by atoms with Gasteiger partial charge in [-0.15, -0.1) is 0 Å². The molecular weight excluding hydrogens is 1050 g/mol. The second-order valence-electron chi connectivity index (χ2n) is 23.3. The van der Waals surface area contributed by atoms with Crippen molar-refractivity contribution in [2.24, 2.45) is 0 Å². The van der Waals surface area contributed by atoms with Crippen molar-refractivity contribution in [1.82, 2.24) is 0 Å². The molecule has 0 amide bonds. The van der Waals surface area contributed by atoms with E-state index in [1.165, 1.54) is 0 Å². The molecule has 0 aliphatic heterocycles. The van der Waals surface area contributed by atoms with Gasteiger partial charge >= 0.3 is 6.18 Å². The van der Waals surface area contributed by atoms with Crippen molar-refractivity contribution in [3.8, 4) is 0 Å². The molecule has 0 radical (unpaired) electrons. The van der Waals surface area contributed by atoms with Gasteiger partial charge in [-0.3, -0.25) is 0 Å². The van der Waals surface area contributed by atoms with Crippen LogP contribution in [0.4, 0.5) is 13.2 Å². The van der Waals surface area contributed by atoms with E-state index in [1.54, 1.807) is 7.11 Å². The van der Waals surface area contributed by atoms with E-state index in [0.29, 0.717) is 12.2 Å². The maximum Gasteiger partial charge on any atom is 0.388 e. The fourth-order valence-corrected chi connectivity index (χ4v) is 16.5. The molecule has 0 heterocycles. The largest absolute Gasteiger partial charge is 0.458 e. The van der Waals surface area contributed by atoms with Gasteiger partial charge in [0.2, 0.25) is 0 Å². The van der Waals surface area contributed by atoms with E-state index in [2.05, 4.69) is 165 Å². The predicted molar refractivity (Wildman–Crippen MR) is 356 cm³/mol. The van der Waals surface area contributed by atoms with Crippen molar-refractivity contribution in [3.05, 3.63) is 0 Å². The highest BCUT2D eigenvalue weighted by molar-refractivity contribution is 6.77. The zero-order valence-corrected chi connectivity index (χ0v) is 58.0. The third kappa shape index (κ3) is 201. The maximum absolute atomic E-state index is 11.8. The van der Waals surface area contributed by atoms with Crippen LogP contribution < -0.4 is 0 Å². The van der Waals surface area contributed by atoms with Crippen LogP contribution in [0.25, 0.3) is 0 Å². The summed E-state index contributed by atoms with van der Waals surface area (Å²) in [6, 6.07) is 0.202. The van der Waals surface area contributed by atoms with E-state index >= 15 is 0 Å². The van der Waals surface area contributed by atoms with Crippen LogP contribution in [0.3, 0.4) is 0 Å². The molecule has 0 bridgehead atoms. The van der Waals surface area contributed by atoms with E-state index in [4.69, 9.17) is 35.1 Å². The molecule has 0 aliphatic carbocycles. The number of alkyl halides is 3. The quantitative estimate of drug-likeness (QED) is 0.133. The minimum Gasteiger partial charge on any atom is -0.458 e. The molecular formula is C51H149F3O8Si9. The first-order valence-electron chi connectivity index (χ1n) is 23.4. The summed E-state index contributed by atoms with van der Waals surface area (Å²) in [6.07, 6.45) is -3.90. The Hall–Kier alpha value is 1.42. The zero-order chi connectivity index (χ0) is 53.1. The second kappa shape index (κ2) is 57.6. The monoisotopic (exact) mass is 1200 g/mol. The molecule has 71 heavy (non-hydrogen) atoms. The minimum absolute atomic E-state index is 0. The Morgan fingerprint density at radius 1 is 0.366 bits per heavy atom. The highest BCUT2D eigenvalue weighted by Gasteiger charge is 2.29. The van der Waals surface area contributed by atoms with E-state index in [9.17, 15) is 13.2 Å². The smallest absolute Gasteiger partial charge is 0.388 e. The molecule has 0 spiro atoms. The topological polar surface area (TPSA) is 73.8 Å². The summed E-state index contributed by atoms with van der Waals surface area (Å²) in [5, 5.41) is 0. The van der Waals surface area contributed by atoms with E-state index < -0.39 is 88.2 Å². The summed E-state index contributed by atoms with van der Waals surface area (Å²) in [5.74, 6) is 0. The van der Waals surface area contributed by atoms with Gasteiger partial charge < -0.3 is 35.1 Å². The summed E-state index contributed by atoms with van der Waals surface area (Å²) in [6.45, 7) is 73.8. The Morgan fingerprint density at radius 2 is 0.549 bits per heavy atom. The maximum atomic E-state index is 11.8. The lowest BCUT2D eigenvalue weighted by Gasteiger charge is -2.23. The predicted octanol–water partition coefficient (Wildman–Crippen LogP) is 21.6. The Bertz CT molecular complexity index is 882. The third-order valence-corrected chi connectivity index (χ3v) is 19.2. The summed E-state index contributed by atoms with van der Waals surface area (Å²) in [4.78, 5) is 0. The summed E-state index contributed by atoms with van der Waals surface area (Å²) >= 11 is 0. The fraction of sp³-hybridized carbons (Fsp3) is 1.00. The van der Waals surface area contributed by atoms with Gasteiger partial charge in [-0.05, 0) is 225 Å². The van der Waals surface area contributed by atoms with Gasteiger partial charge in [0.15, 0.2) is 75.6 Å². The molecule has 0 saturated carbocycles. The fourth-order valence-electron chi connectivity index (χ4n) is 4.18. The molecule has 8 nitrogen and oxygen atoms in total. The van der Waals surface area contributed by atoms with Crippen LogP contribution in [0.1, 0.15) is 121 Å². The van der Waals surface area contributed by atoms with Gasteiger partial charge in [-0.2, -0.15) is 13.2 Å². The van der Waals surface area contributed by atoms with Crippen LogP contribution in [0.5, 0.6) is 0 Å². The van der Waals surface area contributed by atoms with Crippen LogP contribution in [0.2, 0.25) is 170 Å². The number of hydrogen-bond donors (Lipinski definition) is 0. The van der Waals surface area contributed by atoms with Crippen LogP contribution >= 0.6 is 0 Å². The van der Waals surface area contributed by atoms with Crippen molar-refractivity contribution in [2.75, 3.05) is 33.5 Å². The normalized spacial score (nSPS) is 11.5. The van der Waals surface area contributed by atoms with Crippen molar-refractivity contribution in [3.63, 3.8) is 0 Å². The number of halogens is 3. The lowest BCUT2D eigenvalue weighted by Crippen LogP contribution is -2.33. The van der Waals surface area contributed by atoms with Crippen molar-refractivity contribution in [2.45, 2.75) is 309 Å². The molecule has 1 unspecified atom stereocenters. The average Bonchev–Trinajstić information content (AvgIpc) is 2.92. The SMILES string of the molecule is C.C.C.C.C.C.C.C.CC(C)O[Si](C)(C)C.CC(C)O[Si](C)(C)C.CCO[Si](C)(C)C.CCO[Si](C)(C)C.CCO[Si](C)(C)C.CCO[Si](C)(C)C.CO[Si](C)(C)C.C[SiH](CCC(F)(F)F)O[Si](C)(C)C. The first-order valence-corrected chi connectivity index (χ1v) is 53.2. The Balaban J connectivity index is -0.0000000346. The molecule has 0 N–H and O–H groups in total. The molecule has 0 rings (SSSR count). The summed E-state index contributed by atoms with van der Waals surface area (Å²) in [7, 11) is -9.64. The standard InChI is InChI=1S/C7H17F3OSi2.2C6H16OSi.4C5H14OSi.C4H12OSi.8CH4/c1-12(11-13(2,3)4)6-5-7(8,9)10;2*1-6(2)7-8(3,4)5;4*1-5-6-7(2,3)4;1-5-6(2,3)4;;;;;;;;/h12H,5-6H2,1-4H3;2*6H,1-5H3;4*5H2,1-4H3;1-4H3;8*1H4. The summed E-state index contributed by atoms with van der Waals surface area (Å²) in [5.41, 5.74) is 0. The first-order chi connectivity index (χ1) is 27.2. The molecule has 0 aromatic rings. The average molecular weight is 1200 g/mol. The Labute approximate surface area is 464 Å². The van der Waals surface area contributed by atoms with Gasteiger partial charge in [0.1, 0.15) is 0 Å². The van der Waals surface area contributed by atoms with Crippen LogP contribution in [-0.4, -0.2) is 128 Å². The van der Waals surface area contributed by atoms with Crippen LogP contribution in [0.15, 0.2) is 0 Å². The molecule has 0 saturated heterocycles. The van der Waals surface area contributed by atoms with Crippen molar-refractivity contribution >= 4 is 75.6 Å². The number of rotatable bonds is 17. The van der Waals surface area contributed by atoms with Gasteiger partial charge in [0, 0.05) is 52.2 Å². The Kier molecular flexibility index (Phi) is 94.1. The Morgan fingerprint density at radius 3 is 0.606 bits per heavy atom. The molecule has 0 fully saturated rings. The van der Waals surface area contributed by atoms with Crippen molar-refractivity contribution < 1.29 is 48.3 Å². The number of hydrogen-bond acceptors (Lipinski definition) is 8. The van der Waals surface area contributed by atoms with Crippen LogP contribution in [-0.2, 0) is 35.1 Å². The lowest BCUT2D eigenvalue weighted by molar-refractivity contribution is -0.130. The van der Waals surface area contributed by atoms with E-state index in [1.807, 2.05) is 53.9 Å². The molecule has 0 aliphatic rings. The van der Waals surface area contributed by atoms with E-state index in [-0.39, 0.29) is 65.5 Å². The molecule has 0 aromatic heterocycles. The molecule has 0 aromatic carbocycles. The van der Waals surface area contributed by atoms with Gasteiger partial charge in [0.25, 0.3) is 0 Å². The highest BCUT2D eigenvalue weighted by Crippen LogP contribution is 2.23. The van der Waals surface area contributed by atoms with Crippen LogP contribution in [0, 0.1) is 0 Å². The molecule has 1 atom stereocenters. The molecule has 20 heteroatoms. The second-order valence-corrected chi connectivity index (χ2v) is 62.2. The molecule has 458 valence electrons. The van der Waals surface area contributed by atoms with Crippen molar-refractivity contribution in [1.29, 1.82) is 0 Å². The summed E-state index contributed by atoms with van der Waals surface area (Å²) < 4.78 is 78.8. The van der Waals surface area contributed by atoms with Gasteiger partial charge in [-0.1, -0.05) is 59.4 Å². The van der Waals surface area contributed by atoms with Gasteiger partial charge in [0.05, 0.1) is 0 Å². The van der Waals surface area contributed by atoms with Gasteiger partial charge in [-0.25, -0.2) is 0 Å². The minimum atomic E-state index is -4.02. The lowest BCUT2D eigenvalue weighted by atomic mass is 10.5. The third-order valence-electron chi connectivity index (χ3n) is 5.49. The van der Waals surface area contributed by atoms with E-state index in [0.717, 1.165) is 26.4 Å². The zero-order valence-electron chi connectivity index (χ0n) is 48.9. The first kappa shape index (κ1) is 116. The highest BCUT2D eigenvalue weighted by atomic mass is 28.4.